The van der Waals surface area contributed by atoms with Crippen molar-refractivity contribution in [3.8, 4) is 0 Å². The van der Waals surface area contributed by atoms with Crippen LogP contribution in [-0.2, 0) is 0 Å². The second kappa shape index (κ2) is 23.9. The van der Waals surface area contributed by atoms with Gasteiger partial charge in [0.1, 0.15) is 0 Å². The predicted molar refractivity (Wildman–Crippen MR) is 119 cm³/mol. The second-order valence-corrected chi connectivity index (χ2v) is 8.64. The van der Waals surface area contributed by atoms with Gasteiger partial charge < -0.3 is 5.11 Å². The van der Waals surface area contributed by atoms with Crippen LogP contribution in [0.5, 0.6) is 0 Å². The highest BCUT2D eigenvalue weighted by atomic mass is 19.1. The molecule has 1 unspecified atom stereocenters. The monoisotopic (exact) mass is 386 g/mol. The molecule has 0 aliphatic heterocycles. The van der Waals surface area contributed by atoms with Crippen molar-refractivity contribution in [2.45, 2.75) is 154 Å². The fourth-order valence-electron chi connectivity index (χ4n) is 3.90. The van der Waals surface area contributed by atoms with Crippen molar-refractivity contribution in [1.29, 1.82) is 0 Å². The quantitative estimate of drug-likeness (QED) is 0.174. The largest absolute Gasteiger partial charge is 0.393 e. The van der Waals surface area contributed by atoms with E-state index in [0.29, 0.717) is 6.42 Å². The van der Waals surface area contributed by atoms with Crippen molar-refractivity contribution in [2.75, 3.05) is 6.67 Å². The summed E-state index contributed by atoms with van der Waals surface area (Å²) in [6.45, 7) is 2.10. The zero-order valence-electron chi connectivity index (χ0n) is 18.7. The molecule has 0 rings (SSSR count). The first-order valence-electron chi connectivity index (χ1n) is 12.5. The molecule has 164 valence electrons. The van der Waals surface area contributed by atoms with E-state index < -0.39 is 0 Å². The molecule has 1 atom stereocenters. The molecule has 0 saturated carbocycles. The van der Waals surface area contributed by atoms with Crippen LogP contribution in [0.2, 0.25) is 0 Å². The van der Waals surface area contributed by atoms with Crippen LogP contribution >= 0.6 is 0 Å². The van der Waals surface area contributed by atoms with Crippen molar-refractivity contribution < 1.29 is 9.50 Å². The number of unbranched alkanes of at least 4 members (excludes halogenated alkanes) is 18. The fraction of sp³-hybridized carbons (Fsp3) is 1.00. The topological polar surface area (TPSA) is 20.2 Å². The van der Waals surface area contributed by atoms with E-state index >= 15 is 0 Å². The van der Waals surface area contributed by atoms with Crippen molar-refractivity contribution >= 4 is 0 Å². The van der Waals surface area contributed by atoms with Gasteiger partial charge in [0.25, 0.3) is 0 Å². The van der Waals surface area contributed by atoms with E-state index in [-0.39, 0.29) is 12.8 Å². The van der Waals surface area contributed by atoms with Crippen molar-refractivity contribution in [3.63, 3.8) is 0 Å². The Kier molecular flexibility index (Phi) is 23.8. The fourth-order valence-corrected chi connectivity index (χ4v) is 3.90. The maximum absolute atomic E-state index is 12.0. The van der Waals surface area contributed by atoms with Gasteiger partial charge in [-0.3, -0.25) is 4.39 Å². The summed E-state index contributed by atoms with van der Waals surface area (Å²) < 4.78 is 12.0. The Morgan fingerprint density at radius 1 is 0.481 bits per heavy atom. The lowest BCUT2D eigenvalue weighted by Gasteiger charge is -2.10. The van der Waals surface area contributed by atoms with E-state index in [1.807, 2.05) is 0 Å². The molecule has 0 amide bonds. The Bertz CT molecular complexity index is 257. The minimum absolute atomic E-state index is 0.104. The summed E-state index contributed by atoms with van der Waals surface area (Å²) in [6.07, 6.45) is 27.8. The molecule has 0 saturated heterocycles. The molecule has 0 spiro atoms. The van der Waals surface area contributed by atoms with E-state index in [1.165, 1.54) is 96.3 Å². The lowest BCUT2D eigenvalue weighted by molar-refractivity contribution is 0.147. The highest BCUT2D eigenvalue weighted by Gasteiger charge is 2.03. The molecule has 0 aromatic carbocycles. The van der Waals surface area contributed by atoms with Gasteiger partial charge in [0.05, 0.1) is 12.8 Å². The average molecular weight is 387 g/mol. The van der Waals surface area contributed by atoms with Gasteiger partial charge in [-0.25, -0.2) is 0 Å². The number of alkyl halides is 1. The normalized spacial score (nSPS) is 12.6. The Morgan fingerprint density at radius 3 is 1.11 bits per heavy atom. The first kappa shape index (κ1) is 26.9. The van der Waals surface area contributed by atoms with Gasteiger partial charge in [0.15, 0.2) is 0 Å². The summed E-state index contributed by atoms with van der Waals surface area (Å²) in [5.41, 5.74) is 0. The lowest BCUT2D eigenvalue weighted by atomic mass is 10.0. The van der Waals surface area contributed by atoms with E-state index in [2.05, 4.69) is 6.92 Å². The van der Waals surface area contributed by atoms with E-state index in [9.17, 15) is 9.50 Å². The summed E-state index contributed by atoms with van der Waals surface area (Å²) in [6, 6.07) is 0. The Morgan fingerprint density at radius 2 is 0.778 bits per heavy atom. The highest BCUT2D eigenvalue weighted by Crippen LogP contribution is 2.15. The minimum Gasteiger partial charge on any atom is -0.393 e. The molecule has 2 heteroatoms. The third-order valence-corrected chi connectivity index (χ3v) is 5.81. The van der Waals surface area contributed by atoms with Crippen molar-refractivity contribution in [2.24, 2.45) is 0 Å². The third-order valence-electron chi connectivity index (χ3n) is 5.81. The first-order chi connectivity index (χ1) is 13.3. The summed E-state index contributed by atoms with van der Waals surface area (Å²) in [5.74, 6) is 0. The van der Waals surface area contributed by atoms with Gasteiger partial charge >= 0.3 is 0 Å². The molecular formula is C25H51FO. The van der Waals surface area contributed by atoms with Crippen molar-refractivity contribution in [3.05, 3.63) is 0 Å². The SMILES string of the molecule is CCCCCCCCCCCCCCCCCC(O)CCCCCCCF. The molecular weight excluding hydrogens is 335 g/mol. The van der Waals surface area contributed by atoms with E-state index in [0.717, 1.165) is 38.5 Å². The minimum atomic E-state index is -0.179. The predicted octanol–water partition coefficient (Wildman–Crippen LogP) is 8.92. The zero-order chi connectivity index (χ0) is 19.8. The molecule has 1 N–H and O–H groups in total. The molecule has 0 aliphatic carbocycles. The Balaban J connectivity index is 3.09. The molecule has 0 radical (unpaired) electrons. The van der Waals surface area contributed by atoms with E-state index in [1.54, 1.807) is 0 Å². The third kappa shape index (κ3) is 23.9. The van der Waals surface area contributed by atoms with Gasteiger partial charge in [-0.2, -0.15) is 0 Å². The van der Waals surface area contributed by atoms with Crippen LogP contribution in [0.1, 0.15) is 148 Å². The molecule has 0 aliphatic rings. The van der Waals surface area contributed by atoms with Gasteiger partial charge in [-0.1, -0.05) is 129 Å². The number of hydrogen-bond acceptors (Lipinski definition) is 1. The summed E-state index contributed by atoms with van der Waals surface area (Å²) in [5, 5.41) is 10.00. The van der Waals surface area contributed by atoms with Gasteiger partial charge in [0.2, 0.25) is 0 Å². The molecule has 27 heavy (non-hydrogen) atoms. The lowest BCUT2D eigenvalue weighted by Crippen LogP contribution is -2.05. The van der Waals surface area contributed by atoms with Crippen LogP contribution < -0.4 is 0 Å². The number of aliphatic hydroxyl groups is 1. The van der Waals surface area contributed by atoms with Crippen LogP contribution in [-0.4, -0.2) is 17.9 Å². The van der Waals surface area contributed by atoms with Crippen LogP contribution in [0.25, 0.3) is 0 Å². The summed E-state index contributed by atoms with van der Waals surface area (Å²) in [7, 11) is 0. The molecule has 0 aromatic rings. The molecule has 1 nitrogen and oxygen atoms in total. The van der Waals surface area contributed by atoms with Gasteiger partial charge in [-0.05, 0) is 19.3 Å². The van der Waals surface area contributed by atoms with Crippen LogP contribution in [0.3, 0.4) is 0 Å². The second-order valence-electron chi connectivity index (χ2n) is 8.64. The first-order valence-corrected chi connectivity index (χ1v) is 12.5. The van der Waals surface area contributed by atoms with Gasteiger partial charge in [-0.15, -0.1) is 0 Å². The standard InChI is InChI=1S/C25H51FO/c1-2-3-4-5-6-7-8-9-10-11-12-13-14-16-19-22-25(27)23-20-17-15-18-21-24-26/h25,27H,2-24H2,1H3. The molecule has 0 heterocycles. The highest BCUT2D eigenvalue weighted by molar-refractivity contribution is 4.57. The number of aliphatic hydroxyl groups excluding tert-OH is 1. The maximum atomic E-state index is 12.0. The molecule has 0 bridgehead atoms. The zero-order valence-corrected chi connectivity index (χ0v) is 18.7. The van der Waals surface area contributed by atoms with Crippen LogP contribution in [0.15, 0.2) is 0 Å². The number of rotatable bonds is 23. The smallest absolute Gasteiger partial charge is 0.0894 e. The Hall–Kier alpha value is -0.110. The van der Waals surface area contributed by atoms with Crippen LogP contribution in [0, 0.1) is 0 Å². The Labute approximate surface area is 170 Å². The maximum Gasteiger partial charge on any atom is 0.0894 e. The van der Waals surface area contributed by atoms with Crippen molar-refractivity contribution in [1.82, 2.24) is 0 Å². The van der Waals surface area contributed by atoms with Crippen LogP contribution in [0.4, 0.5) is 4.39 Å². The summed E-state index contributed by atoms with van der Waals surface area (Å²) in [4.78, 5) is 0. The molecule has 0 fully saturated rings. The average Bonchev–Trinajstić information content (AvgIpc) is 2.67. The number of halogens is 1. The molecule has 0 aromatic heterocycles. The summed E-state index contributed by atoms with van der Waals surface area (Å²) >= 11 is 0. The van der Waals surface area contributed by atoms with E-state index in [4.69, 9.17) is 0 Å². The number of hydrogen-bond donors (Lipinski definition) is 1. The van der Waals surface area contributed by atoms with Gasteiger partial charge in [0, 0.05) is 0 Å².